The highest BCUT2D eigenvalue weighted by atomic mass is 127. The van der Waals surface area contributed by atoms with Gasteiger partial charge in [-0.15, -0.1) is 23.1 Å². The molecule has 0 bridgehead atoms. The highest BCUT2D eigenvalue weighted by molar-refractivity contribution is 14.1. The number of thiazole rings is 1. The van der Waals surface area contributed by atoms with Crippen molar-refractivity contribution in [3.63, 3.8) is 0 Å². The first kappa shape index (κ1) is 24.2. The summed E-state index contributed by atoms with van der Waals surface area (Å²) in [5, 5.41) is 17.2. The van der Waals surface area contributed by atoms with E-state index in [2.05, 4.69) is 38.0 Å². The number of alkyl halides is 1. The van der Waals surface area contributed by atoms with E-state index in [0.717, 1.165) is 16.2 Å². The zero-order valence-corrected chi connectivity index (χ0v) is 20.4. The molecule has 12 nitrogen and oxygen atoms in total. The number of nitrogens with one attached hydrogen (secondary N) is 1. The molecule has 1 aromatic rings. The molecule has 3 rings (SSSR count). The lowest BCUT2D eigenvalue weighted by molar-refractivity contribution is -0.150. The zero-order chi connectivity index (χ0) is 23.4. The van der Waals surface area contributed by atoms with Gasteiger partial charge in [0.25, 0.3) is 11.8 Å². The number of rotatable bonds is 9. The van der Waals surface area contributed by atoms with Gasteiger partial charge in [0.15, 0.2) is 10.8 Å². The van der Waals surface area contributed by atoms with E-state index in [1.807, 2.05) is 0 Å². The van der Waals surface area contributed by atoms with Crippen LogP contribution in [0.15, 0.2) is 21.8 Å². The lowest BCUT2D eigenvalue weighted by Crippen LogP contribution is -2.71. The molecule has 0 aromatic carbocycles. The fourth-order valence-electron chi connectivity index (χ4n) is 2.94. The van der Waals surface area contributed by atoms with Crippen LogP contribution < -0.4 is 11.1 Å². The topological polar surface area (TPSA) is 174 Å². The van der Waals surface area contributed by atoms with Gasteiger partial charge in [-0.1, -0.05) is 27.7 Å². The molecule has 2 amide bonds. The van der Waals surface area contributed by atoms with E-state index in [9.17, 15) is 24.3 Å². The van der Waals surface area contributed by atoms with Crippen molar-refractivity contribution in [3.8, 4) is 0 Å². The molecule has 2 aliphatic rings. The van der Waals surface area contributed by atoms with Crippen LogP contribution in [0.5, 0.6) is 0 Å². The van der Waals surface area contributed by atoms with Gasteiger partial charge in [-0.05, 0) is 0 Å². The maximum Gasteiger partial charge on any atom is 0.352 e. The molecular weight excluding hydrogens is 577 g/mol. The molecule has 1 fully saturated rings. The molecule has 0 spiro atoms. The van der Waals surface area contributed by atoms with Crippen LogP contribution >= 0.6 is 45.7 Å². The molecule has 3 heterocycles. The minimum atomic E-state index is -1.32. The number of halogens is 1. The Morgan fingerprint density at radius 3 is 2.81 bits per heavy atom. The van der Waals surface area contributed by atoms with Gasteiger partial charge in [0.1, 0.15) is 36.0 Å². The number of amides is 2. The number of carboxylic acid groups (broad SMARTS) is 1. The van der Waals surface area contributed by atoms with Gasteiger partial charge in [0.2, 0.25) is 0 Å². The standard InChI is InChI=1S/C17H18IN5O7S2/c1-7(24)29-4-8-5-31-15-11(14(26)23(15)12(8)16(27)28)21-13(25)10(22-30-3-2-18)9-6-32-17(19)20-9/h6,11,15H,2-5H2,1H3,(H2,19,20)(H,21,25)(H,27,28)/t11?,15-/m1/s1. The lowest BCUT2D eigenvalue weighted by atomic mass is 10.0. The second-order valence-electron chi connectivity index (χ2n) is 6.43. The molecule has 0 radical (unpaired) electrons. The fraction of sp³-hybridized carbons (Fsp3) is 0.412. The summed E-state index contributed by atoms with van der Waals surface area (Å²) in [7, 11) is 0. The van der Waals surface area contributed by atoms with E-state index < -0.39 is 35.2 Å². The van der Waals surface area contributed by atoms with E-state index in [0.29, 0.717) is 10.0 Å². The Kier molecular flexibility index (Phi) is 7.94. The van der Waals surface area contributed by atoms with Crippen molar-refractivity contribution in [2.24, 2.45) is 5.16 Å². The predicted molar refractivity (Wildman–Crippen MR) is 124 cm³/mol. The molecule has 15 heteroatoms. The molecular formula is C17H18IN5O7S2. The van der Waals surface area contributed by atoms with Crippen LogP contribution in [-0.4, -0.2) is 79.3 Å². The minimum Gasteiger partial charge on any atom is -0.477 e. The van der Waals surface area contributed by atoms with Crippen molar-refractivity contribution in [3.05, 3.63) is 22.3 Å². The smallest absolute Gasteiger partial charge is 0.352 e. The highest BCUT2D eigenvalue weighted by Gasteiger charge is 2.54. The minimum absolute atomic E-state index is 0.139. The van der Waals surface area contributed by atoms with Crippen LogP contribution in [0.25, 0.3) is 0 Å². The number of esters is 1. The van der Waals surface area contributed by atoms with E-state index >= 15 is 0 Å². The van der Waals surface area contributed by atoms with Crippen LogP contribution in [-0.2, 0) is 28.8 Å². The van der Waals surface area contributed by atoms with Crippen LogP contribution in [0.1, 0.15) is 12.6 Å². The molecule has 1 saturated heterocycles. The fourth-order valence-corrected chi connectivity index (χ4v) is 5.01. The number of thioether (sulfide) groups is 1. The van der Waals surface area contributed by atoms with Gasteiger partial charge in [-0.2, -0.15) is 0 Å². The number of carbonyl (C=O) groups is 4. The van der Waals surface area contributed by atoms with E-state index in [1.54, 1.807) is 0 Å². The summed E-state index contributed by atoms with van der Waals surface area (Å²) in [5.41, 5.74) is 5.77. The summed E-state index contributed by atoms with van der Waals surface area (Å²) in [4.78, 5) is 58.7. The number of oxime groups is 1. The SMILES string of the molecule is CC(=O)OCC1=C(C(=O)O)N2C(=O)C(NC(=O)C(=NOCCI)c3csc(N)n3)[C@H]2SC1. The third kappa shape index (κ3) is 5.15. The van der Waals surface area contributed by atoms with Crippen LogP contribution in [0, 0.1) is 0 Å². The van der Waals surface area contributed by atoms with Gasteiger partial charge >= 0.3 is 11.9 Å². The normalized spacial score (nSPS) is 20.4. The maximum absolute atomic E-state index is 12.9. The summed E-state index contributed by atoms with van der Waals surface area (Å²) in [5.74, 6) is -2.96. The van der Waals surface area contributed by atoms with Crippen molar-refractivity contribution >= 4 is 80.3 Å². The van der Waals surface area contributed by atoms with Crippen molar-refractivity contribution in [2.45, 2.75) is 18.3 Å². The second-order valence-corrected chi connectivity index (χ2v) is 9.51. The number of aromatic nitrogens is 1. The first-order chi connectivity index (χ1) is 15.2. The number of hydrogen-bond acceptors (Lipinski definition) is 11. The first-order valence-corrected chi connectivity index (χ1v) is 12.5. The van der Waals surface area contributed by atoms with Crippen molar-refractivity contribution in [1.82, 2.24) is 15.2 Å². The third-order valence-corrected chi connectivity index (χ3v) is 6.74. The van der Waals surface area contributed by atoms with Crippen molar-refractivity contribution in [1.29, 1.82) is 0 Å². The number of nitrogens with two attached hydrogens (primary N) is 1. The average molecular weight is 595 g/mol. The number of carboxylic acids is 1. The van der Waals surface area contributed by atoms with Gasteiger partial charge in [-0.25, -0.2) is 9.78 Å². The number of anilines is 1. The summed E-state index contributed by atoms with van der Waals surface area (Å²) < 4.78 is 5.54. The third-order valence-electron chi connectivity index (χ3n) is 4.29. The summed E-state index contributed by atoms with van der Waals surface area (Å²) >= 11 is 4.46. The van der Waals surface area contributed by atoms with Crippen LogP contribution in [0.2, 0.25) is 0 Å². The van der Waals surface area contributed by atoms with Gasteiger partial charge in [0.05, 0.1) is 0 Å². The first-order valence-electron chi connectivity index (χ1n) is 9.06. The predicted octanol–water partition coefficient (Wildman–Crippen LogP) is 0.183. The second kappa shape index (κ2) is 10.5. The molecule has 2 atom stereocenters. The Morgan fingerprint density at radius 1 is 1.47 bits per heavy atom. The molecule has 2 aliphatic heterocycles. The number of fused-ring (bicyclic) bond motifs is 1. The Bertz CT molecular complexity index is 1010. The molecule has 4 N–H and O–H groups in total. The quantitative estimate of drug-likeness (QED) is 0.0680. The molecule has 32 heavy (non-hydrogen) atoms. The number of aliphatic carboxylic acids is 1. The largest absolute Gasteiger partial charge is 0.477 e. The zero-order valence-electron chi connectivity index (χ0n) is 16.6. The number of carbonyl (C=O) groups excluding carboxylic acids is 3. The molecule has 0 saturated carbocycles. The van der Waals surface area contributed by atoms with Crippen molar-refractivity contribution < 1.29 is 33.9 Å². The maximum atomic E-state index is 12.9. The molecule has 1 unspecified atom stereocenters. The number of nitrogen functional groups attached to an aromatic ring is 1. The number of β-lactam (4-membered cyclic amide) rings is 1. The number of hydrogen-bond donors (Lipinski definition) is 3. The van der Waals surface area contributed by atoms with Crippen LogP contribution in [0.3, 0.4) is 0 Å². The van der Waals surface area contributed by atoms with Gasteiger partial charge < -0.3 is 25.7 Å². The Hall–Kier alpha value is -2.40. The highest BCUT2D eigenvalue weighted by Crippen LogP contribution is 2.40. The van der Waals surface area contributed by atoms with Gasteiger partial charge in [0, 0.05) is 28.1 Å². The molecule has 1 aromatic heterocycles. The Balaban J connectivity index is 1.77. The van der Waals surface area contributed by atoms with E-state index in [4.69, 9.17) is 15.3 Å². The van der Waals surface area contributed by atoms with E-state index in [1.165, 1.54) is 24.1 Å². The summed E-state index contributed by atoms with van der Waals surface area (Å²) in [6.45, 7) is 1.25. The monoisotopic (exact) mass is 595 g/mol. The van der Waals surface area contributed by atoms with Gasteiger partial charge in [-0.3, -0.25) is 19.3 Å². The average Bonchev–Trinajstić information content (AvgIpc) is 3.18. The lowest BCUT2D eigenvalue weighted by Gasteiger charge is -2.49. The Labute approximate surface area is 203 Å². The number of nitrogens with zero attached hydrogens (tertiary/aromatic N) is 3. The number of ether oxygens (including phenoxy) is 1. The van der Waals surface area contributed by atoms with Crippen LogP contribution in [0.4, 0.5) is 5.13 Å². The summed E-state index contributed by atoms with van der Waals surface area (Å²) in [6.07, 6.45) is 0. The van der Waals surface area contributed by atoms with Crippen molar-refractivity contribution in [2.75, 3.05) is 29.1 Å². The molecule has 0 aliphatic carbocycles. The van der Waals surface area contributed by atoms with E-state index in [-0.39, 0.29) is 41.2 Å². The summed E-state index contributed by atoms with van der Waals surface area (Å²) in [6, 6.07) is -0.970. The Morgan fingerprint density at radius 2 is 2.22 bits per heavy atom. The molecule has 172 valence electrons.